The van der Waals surface area contributed by atoms with Gasteiger partial charge in [0.25, 0.3) is 0 Å². The molecule has 0 saturated carbocycles. The number of aliphatic hydroxyl groups excluding tert-OH is 1. The number of nitrogens with one attached hydrogen (secondary N) is 1. The van der Waals surface area contributed by atoms with Crippen LogP contribution in [0.4, 0.5) is 17.6 Å². The average Bonchev–Trinajstić information content (AvgIpc) is 2.45. The first-order valence-electron chi connectivity index (χ1n) is 6.59. The summed E-state index contributed by atoms with van der Waals surface area (Å²) in [6.45, 7) is 0.667. The third-order valence-corrected chi connectivity index (χ3v) is 2.75. The normalized spacial score (nSPS) is 13.0. The molecule has 0 aliphatic heterocycles. The molecule has 0 aliphatic carbocycles. The molecule has 1 unspecified atom stereocenters. The van der Waals surface area contributed by atoms with Crippen LogP contribution < -0.4 is 10.1 Å². The quantitative estimate of drug-likeness (QED) is 0.723. The summed E-state index contributed by atoms with van der Waals surface area (Å²) in [6.07, 6.45) is -5.17. The van der Waals surface area contributed by atoms with Crippen molar-refractivity contribution in [3.8, 4) is 5.75 Å². The van der Waals surface area contributed by atoms with Gasteiger partial charge in [-0.25, -0.2) is 8.78 Å². The lowest BCUT2D eigenvalue weighted by atomic mass is 10.1. The second-order valence-corrected chi connectivity index (χ2v) is 4.60. The molecule has 0 bridgehead atoms. The van der Waals surface area contributed by atoms with E-state index in [-0.39, 0.29) is 23.6 Å². The topological polar surface area (TPSA) is 58.6 Å². The van der Waals surface area contributed by atoms with Crippen molar-refractivity contribution < 1.29 is 32.2 Å². The molecule has 0 heterocycles. The third-order valence-electron chi connectivity index (χ3n) is 2.75. The Balaban J connectivity index is 2.67. The number of benzene rings is 1. The molecule has 0 aliphatic rings. The van der Waals surface area contributed by atoms with Gasteiger partial charge < -0.3 is 15.2 Å². The van der Waals surface area contributed by atoms with Crippen molar-refractivity contribution in [1.82, 2.24) is 5.32 Å². The number of halogens is 4. The van der Waals surface area contributed by atoms with Crippen molar-refractivity contribution in [2.24, 2.45) is 0 Å². The Morgan fingerprint density at radius 3 is 2.68 bits per heavy atom. The van der Waals surface area contributed by atoms with E-state index in [2.05, 4.69) is 10.1 Å². The van der Waals surface area contributed by atoms with Crippen LogP contribution in [0.15, 0.2) is 24.3 Å². The van der Waals surface area contributed by atoms with Crippen LogP contribution in [0.25, 0.3) is 0 Å². The molecule has 1 rings (SSSR count). The highest BCUT2D eigenvalue weighted by molar-refractivity contribution is 5.76. The van der Waals surface area contributed by atoms with E-state index in [0.29, 0.717) is 6.54 Å². The molecular formula is C14H17F4NO3. The maximum absolute atomic E-state index is 12.8. The Morgan fingerprint density at radius 2 is 2.09 bits per heavy atom. The van der Waals surface area contributed by atoms with Crippen molar-refractivity contribution in [2.45, 2.75) is 31.8 Å². The van der Waals surface area contributed by atoms with Crippen LogP contribution in [0.1, 0.15) is 25.0 Å². The van der Waals surface area contributed by atoms with E-state index in [9.17, 15) is 27.5 Å². The molecule has 0 radical (unpaired) electrons. The molecule has 1 atom stereocenters. The van der Waals surface area contributed by atoms with E-state index in [1.54, 1.807) is 6.92 Å². The second kappa shape index (κ2) is 7.98. The summed E-state index contributed by atoms with van der Waals surface area (Å²) in [5, 5.41) is 12.4. The predicted octanol–water partition coefficient (Wildman–Crippen LogP) is 2.53. The Kier molecular flexibility index (Phi) is 6.61. The van der Waals surface area contributed by atoms with Gasteiger partial charge in [-0.05, 0) is 24.6 Å². The zero-order chi connectivity index (χ0) is 16.8. The van der Waals surface area contributed by atoms with Crippen molar-refractivity contribution in [2.75, 3.05) is 13.2 Å². The molecule has 8 heteroatoms. The van der Waals surface area contributed by atoms with Gasteiger partial charge in [0.05, 0.1) is 12.5 Å². The molecule has 2 N–H and O–H groups in total. The SMILES string of the molecule is CCNC(=O)CC(O)c1cccc(OCC(F)(F)C(F)F)c1. The first-order valence-corrected chi connectivity index (χ1v) is 6.59. The van der Waals surface area contributed by atoms with E-state index in [4.69, 9.17) is 0 Å². The fraction of sp³-hybridized carbons (Fsp3) is 0.500. The van der Waals surface area contributed by atoms with Crippen molar-refractivity contribution in [1.29, 1.82) is 0 Å². The van der Waals surface area contributed by atoms with Gasteiger partial charge in [0.1, 0.15) is 5.75 Å². The summed E-state index contributed by atoms with van der Waals surface area (Å²) < 4.78 is 54.2. The van der Waals surface area contributed by atoms with Gasteiger partial charge in [0.15, 0.2) is 6.61 Å². The van der Waals surface area contributed by atoms with Crippen molar-refractivity contribution in [3.63, 3.8) is 0 Å². The Hall–Kier alpha value is -1.83. The molecule has 1 aromatic rings. The molecule has 0 spiro atoms. The molecular weight excluding hydrogens is 306 g/mol. The minimum atomic E-state index is -4.25. The Morgan fingerprint density at radius 1 is 1.41 bits per heavy atom. The predicted molar refractivity (Wildman–Crippen MR) is 71.1 cm³/mol. The van der Waals surface area contributed by atoms with Crippen molar-refractivity contribution >= 4 is 5.91 Å². The fourth-order valence-corrected chi connectivity index (χ4v) is 1.62. The van der Waals surface area contributed by atoms with Crippen LogP contribution >= 0.6 is 0 Å². The van der Waals surface area contributed by atoms with Gasteiger partial charge in [0.2, 0.25) is 5.91 Å². The number of carbonyl (C=O) groups is 1. The molecule has 22 heavy (non-hydrogen) atoms. The summed E-state index contributed by atoms with van der Waals surface area (Å²) in [5.74, 6) is -4.71. The lowest BCUT2D eigenvalue weighted by Crippen LogP contribution is -2.33. The lowest BCUT2D eigenvalue weighted by Gasteiger charge is -2.17. The maximum Gasteiger partial charge on any atom is 0.340 e. The third kappa shape index (κ3) is 5.51. The Bertz CT molecular complexity index is 497. The first kappa shape index (κ1) is 18.2. The fourth-order valence-electron chi connectivity index (χ4n) is 1.62. The standard InChI is InChI=1S/C14H17F4NO3/c1-2-19-12(21)7-11(20)9-4-3-5-10(6-9)22-8-14(17,18)13(15)16/h3-6,11,13,20H,2,7-8H2,1H3,(H,19,21). The molecule has 1 aromatic carbocycles. The number of amides is 1. The van der Waals surface area contributed by atoms with Crippen LogP contribution in [0.2, 0.25) is 0 Å². The van der Waals surface area contributed by atoms with E-state index < -0.39 is 25.1 Å². The van der Waals surface area contributed by atoms with Gasteiger partial charge in [-0.3, -0.25) is 4.79 Å². The second-order valence-electron chi connectivity index (χ2n) is 4.60. The minimum absolute atomic E-state index is 0.0900. The molecule has 0 saturated heterocycles. The molecule has 0 fully saturated rings. The Labute approximate surface area is 125 Å². The lowest BCUT2D eigenvalue weighted by molar-refractivity contribution is -0.148. The summed E-state index contributed by atoms with van der Waals surface area (Å²) in [4.78, 5) is 11.4. The van der Waals surface area contributed by atoms with E-state index in [0.717, 1.165) is 0 Å². The summed E-state index contributed by atoms with van der Waals surface area (Å²) in [6, 6.07) is 5.41. The van der Waals surface area contributed by atoms with E-state index in [1.165, 1.54) is 24.3 Å². The van der Waals surface area contributed by atoms with Gasteiger partial charge >= 0.3 is 12.3 Å². The summed E-state index contributed by atoms with van der Waals surface area (Å²) >= 11 is 0. The zero-order valence-corrected chi connectivity index (χ0v) is 11.9. The largest absolute Gasteiger partial charge is 0.487 e. The maximum atomic E-state index is 12.8. The number of aliphatic hydroxyl groups is 1. The average molecular weight is 323 g/mol. The summed E-state index contributed by atoms with van der Waals surface area (Å²) in [7, 11) is 0. The van der Waals surface area contributed by atoms with Crippen LogP contribution in [0.5, 0.6) is 5.75 Å². The molecule has 4 nitrogen and oxygen atoms in total. The monoisotopic (exact) mass is 323 g/mol. The molecule has 124 valence electrons. The summed E-state index contributed by atoms with van der Waals surface area (Å²) in [5.41, 5.74) is 0.268. The van der Waals surface area contributed by atoms with Gasteiger partial charge in [-0.1, -0.05) is 12.1 Å². The van der Waals surface area contributed by atoms with Gasteiger partial charge in [-0.2, -0.15) is 8.78 Å². The number of ether oxygens (including phenoxy) is 1. The molecule has 0 aromatic heterocycles. The van der Waals surface area contributed by atoms with E-state index in [1.807, 2.05) is 0 Å². The number of hydrogen-bond donors (Lipinski definition) is 2. The van der Waals surface area contributed by atoms with Crippen molar-refractivity contribution in [3.05, 3.63) is 29.8 Å². The smallest absolute Gasteiger partial charge is 0.340 e. The zero-order valence-electron chi connectivity index (χ0n) is 11.9. The highest BCUT2D eigenvalue weighted by Gasteiger charge is 2.41. The van der Waals surface area contributed by atoms with Gasteiger partial charge in [0, 0.05) is 6.54 Å². The van der Waals surface area contributed by atoms with E-state index >= 15 is 0 Å². The number of alkyl halides is 4. The number of hydrogen-bond acceptors (Lipinski definition) is 3. The number of carbonyl (C=O) groups excluding carboxylic acids is 1. The molecule has 1 amide bonds. The van der Waals surface area contributed by atoms with Crippen LogP contribution in [0.3, 0.4) is 0 Å². The van der Waals surface area contributed by atoms with Crippen LogP contribution in [-0.2, 0) is 4.79 Å². The minimum Gasteiger partial charge on any atom is -0.487 e. The highest BCUT2D eigenvalue weighted by Crippen LogP contribution is 2.26. The number of rotatable bonds is 8. The first-order chi connectivity index (χ1) is 10.3. The van der Waals surface area contributed by atoms with Crippen LogP contribution in [0, 0.1) is 0 Å². The van der Waals surface area contributed by atoms with Gasteiger partial charge in [-0.15, -0.1) is 0 Å². The van der Waals surface area contributed by atoms with Crippen LogP contribution in [-0.4, -0.2) is 36.5 Å². The highest BCUT2D eigenvalue weighted by atomic mass is 19.3.